The Morgan fingerprint density at radius 1 is 1.36 bits per heavy atom. The first-order valence-electron chi connectivity index (χ1n) is 8.40. The average Bonchev–Trinajstić information content (AvgIpc) is 3.24. The number of nitrogen functional groups attached to an aromatic ring is 1. The van der Waals surface area contributed by atoms with Crippen molar-refractivity contribution in [1.29, 1.82) is 0 Å². The van der Waals surface area contributed by atoms with Crippen LogP contribution in [-0.4, -0.2) is 53.1 Å². The quantitative estimate of drug-likeness (QED) is 0.623. The van der Waals surface area contributed by atoms with Gasteiger partial charge < -0.3 is 20.7 Å². The van der Waals surface area contributed by atoms with Crippen molar-refractivity contribution in [2.45, 2.75) is 32.4 Å². The molecule has 0 aromatic carbocycles. The van der Waals surface area contributed by atoms with E-state index in [0.717, 1.165) is 43.8 Å². The van der Waals surface area contributed by atoms with Crippen LogP contribution in [0.1, 0.15) is 31.6 Å². The number of nitrogens with zero attached hydrogens (tertiary/aromatic N) is 7. The van der Waals surface area contributed by atoms with Gasteiger partial charge in [0.1, 0.15) is 11.2 Å². The molecule has 3 aromatic heterocycles. The summed E-state index contributed by atoms with van der Waals surface area (Å²) >= 11 is 0. The standard InChI is InChI=1S/C15H21N9O/c1-9(25)11-7-24(22-21-11)6-10-2-4-23(5-3-10)14-12-13(18-8-17-12)19-15(16)20-14/h7-10,25H,2-6H2,1H3,(H3,16,17,18,19,20)/t9-/m1/s1. The van der Waals surface area contributed by atoms with Gasteiger partial charge in [0.2, 0.25) is 5.95 Å². The molecule has 0 aliphatic carbocycles. The van der Waals surface area contributed by atoms with Gasteiger partial charge >= 0.3 is 0 Å². The highest BCUT2D eigenvalue weighted by Crippen LogP contribution is 2.27. The molecule has 1 fully saturated rings. The number of aromatic amines is 1. The van der Waals surface area contributed by atoms with Crippen molar-refractivity contribution in [3.63, 3.8) is 0 Å². The third kappa shape index (κ3) is 3.12. The molecule has 0 bridgehead atoms. The van der Waals surface area contributed by atoms with E-state index in [0.29, 0.717) is 17.3 Å². The molecule has 25 heavy (non-hydrogen) atoms. The Balaban J connectivity index is 1.43. The third-order valence-corrected chi connectivity index (χ3v) is 4.63. The summed E-state index contributed by atoms with van der Waals surface area (Å²) in [6, 6.07) is 0. The number of aromatic nitrogens is 7. The Morgan fingerprint density at radius 2 is 2.16 bits per heavy atom. The molecule has 10 heteroatoms. The van der Waals surface area contributed by atoms with Gasteiger partial charge in [0.05, 0.1) is 18.6 Å². The minimum atomic E-state index is -0.587. The van der Waals surface area contributed by atoms with Crippen molar-refractivity contribution < 1.29 is 5.11 Å². The average molecular weight is 343 g/mol. The van der Waals surface area contributed by atoms with Crippen LogP contribution >= 0.6 is 0 Å². The smallest absolute Gasteiger partial charge is 0.224 e. The maximum absolute atomic E-state index is 9.54. The van der Waals surface area contributed by atoms with Crippen LogP contribution in [0.15, 0.2) is 12.5 Å². The number of fused-ring (bicyclic) bond motifs is 1. The molecule has 3 aromatic rings. The van der Waals surface area contributed by atoms with Gasteiger partial charge in [-0.1, -0.05) is 5.21 Å². The maximum Gasteiger partial charge on any atom is 0.224 e. The van der Waals surface area contributed by atoms with Gasteiger partial charge in [-0.3, -0.25) is 4.68 Å². The fourth-order valence-electron chi connectivity index (χ4n) is 3.25. The van der Waals surface area contributed by atoms with Crippen molar-refractivity contribution in [3.8, 4) is 0 Å². The summed E-state index contributed by atoms with van der Waals surface area (Å²) in [5.74, 6) is 1.57. The van der Waals surface area contributed by atoms with E-state index in [4.69, 9.17) is 5.73 Å². The molecule has 0 radical (unpaired) electrons. The van der Waals surface area contributed by atoms with Gasteiger partial charge in [0.25, 0.3) is 0 Å². The van der Waals surface area contributed by atoms with E-state index in [1.165, 1.54) is 0 Å². The molecular weight excluding hydrogens is 322 g/mol. The highest BCUT2D eigenvalue weighted by Gasteiger charge is 2.23. The van der Waals surface area contributed by atoms with Gasteiger partial charge in [0, 0.05) is 19.6 Å². The van der Waals surface area contributed by atoms with E-state index in [-0.39, 0.29) is 5.95 Å². The SMILES string of the molecule is C[C@@H](O)c1cn(CC2CCN(c3nc(N)nc4nc[nH]c34)CC2)nn1. The number of aliphatic hydroxyl groups is 1. The Bertz CT molecular complexity index is 863. The topological polar surface area (TPSA) is 135 Å². The Kier molecular flexibility index (Phi) is 3.96. The second-order valence-corrected chi connectivity index (χ2v) is 6.48. The van der Waals surface area contributed by atoms with Gasteiger partial charge in [-0.15, -0.1) is 5.10 Å². The predicted molar refractivity (Wildman–Crippen MR) is 91.7 cm³/mol. The highest BCUT2D eigenvalue weighted by molar-refractivity contribution is 5.84. The maximum atomic E-state index is 9.54. The highest BCUT2D eigenvalue weighted by atomic mass is 16.3. The molecule has 132 valence electrons. The largest absolute Gasteiger partial charge is 0.387 e. The molecule has 0 unspecified atom stereocenters. The number of anilines is 2. The summed E-state index contributed by atoms with van der Waals surface area (Å²) in [7, 11) is 0. The Hall–Kier alpha value is -2.75. The Morgan fingerprint density at radius 3 is 2.88 bits per heavy atom. The van der Waals surface area contributed by atoms with Crippen molar-refractivity contribution in [1.82, 2.24) is 34.9 Å². The van der Waals surface area contributed by atoms with Crippen molar-refractivity contribution >= 4 is 22.9 Å². The lowest BCUT2D eigenvalue weighted by Gasteiger charge is -2.32. The van der Waals surface area contributed by atoms with Crippen LogP contribution in [0, 0.1) is 5.92 Å². The van der Waals surface area contributed by atoms with Crippen LogP contribution in [0.25, 0.3) is 11.2 Å². The molecule has 4 rings (SSSR count). The zero-order valence-corrected chi connectivity index (χ0v) is 14.0. The van der Waals surface area contributed by atoms with Gasteiger partial charge in [0.15, 0.2) is 11.5 Å². The van der Waals surface area contributed by atoms with Gasteiger partial charge in [-0.05, 0) is 25.7 Å². The number of hydrogen-bond donors (Lipinski definition) is 3. The molecule has 4 heterocycles. The fourth-order valence-corrected chi connectivity index (χ4v) is 3.25. The van der Waals surface area contributed by atoms with Crippen molar-refractivity contribution in [3.05, 3.63) is 18.2 Å². The van der Waals surface area contributed by atoms with E-state index in [2.05, 4.69) is 35.1 Å². The molecule has 1 aliphatic rings. The predicted octanol–water partition coefficient (Wildman–Crippen LogP) is 0.496. The van der Waals surface area contributed by atoms with E-state index in [1.54, 1.807) is 13.3 Å². The van der Waals surface area contributed by atoms with Crippen LogP contribution in [0.3, 0.4) is 0 Å². The summed E-state index contributed by atoms with van der Waals surface area (Å²) in [5, 5.41) is 17.6. The van der Waals surface area contributed by atoms with Crippen molar-refractivity contribution in [2.75, 3.05) is 23.7 Å². The Labute approximate surface area is 144 Å². The number of H-pyrrole nitrogens is 1. The number of aliphatic hydroxyl groups excluding tert-OH is 1. The normalized spacial score (nSPS) is 17.3. The fraction of sp³-hybridized carbons (Fsp3) is 0.533. The van der Waals surface area contributed by atoms with Crippen LogP contribution < -0.4 is 10.6 Å². The van der Waals surface area contributed by atoms with Crippen molar-refractivity contribution in [2.24, 2.45) is 5.92 Å². The number of imidazole rings is 1. The minimum Gasteiger partial charge on any atom is -0.387 e. The third-order valence-electron chi connectivity index (χ3n) is 4.63. The molecule has 0 saturated carbocycles. The van der Waals surface area contributed by atoms with Crippen LogP contribution in [-0.2, 0) is 6.54 Å². The molecule has 0 amide bonds. The van der Waals surface area contributed by atoms with Gasteiger partial charge in [-0.25, -0.2) is 4.98 Å². The zero-order chi connectivity index (χ0) is 17.4. The summed E-state index contributed by atoms with van der Waals surface area (Å²) in [4.78, 5) is 18.0. The number of piperidine rings is 1. The molecule has 4 N–H and O–H groups in total. The second kappa shape index (κ2) is 6.28. The second-order valence-electron chi connectivity index (χ2n) is 6.48. The molecule has 1 saturated heterocycles. The zero-order valence-electron chi connectivity index (χ0n) is 14.0. The first-order valence-corrected chi connectivity index (χ1v) is 8.40. The molecular formula is C15H21N9O. The number of rotatable bonds is 4. The van der Waals surface area contributed by atoms with Gasteiger partial charge in [-0.2, -0.15) is 9.97 Å². The minimum absolute atomic E-state index is 0.241. The summed E-state index contributed by atoms with van der Waals surface area (Å²) in [6.45, 7) is 4.26. The lowest BCUT2D eigenvalue weighted by atomic mass is 9.97. The van der Waals surface area contributed by atoms with Crippen LogP contribution in [0.4, 0.5) is 11.8 Å². The number of nitrogens with two attached hydrogens (primary N) is 1. The summed E-state index contributed by atoms with van der Waals surface area (Å²) < 4.78 is 1.82. The van der Waals surface area contributed by atoms with E-state index < -0.39 is 6.10 Å². The van der Waals surface area contributed by atoms with Crippen LogP contribution in [0.5, 0.6) is 0 Å². The summed E-state index contributed by atoms with van der Waals surface area (Å²) in [6.07, 6.45) is 4.87. The number of nitrogens with one attached hydrogen (secondary N) is 1. The van der Waals surface area contributed by atoms with E-state index >= 15 is 0 Å². The molecule has 1 aliphatic heterocycles. The van der Waals surface area contributed by atoms with E-state index in [9.17, 15) is 5.11 Å². The molecule has 1 atom stereocenters. The monoisotopic (exact) mass is 343 g/mol. The summed E-state index contributed by atoms with van der Waals surface area (Å²) in [5.41, 5.74) is 7.83. The first-order chi connectivity index (χ1) is 12.1. The lowest BCUT2D eigenvalue weighted by Crippen LogP contribution is -2.36. The van der Waals surface area contributed by atoms with E-state index in [1.807, 2.05) is 10.9 Å². The lowest BCUT2D eigenvalue weighted by molar-refractivity contribution is 0.194. The molecule has 0 spiro atoms. The first kappa shape index (κ1) is 15.8. The number of hydrogen-bond acceptors (Lipinski definition) is 8. The molecule has 10 nitrogen and oxygen atoms in total. The van der Waals surface area contributed by atoms with Crippen LogP contribution in [0.2, 0.25) is 0 Å².